The van der Waals surface area contributed by atoms with Crippen LogP contribution in [-0.2, 0) is 6.18 Å². The second-order valence-corrected chi connectivity index (χ2v) is 6.03. The van der Waals surface area contributed by atoms with Gasteiger partial charge in [-0.05, 0) is 43.2 Å². The summed E-state index contributed by atoms with van der Waals surface area (Å²) in [6.07, 6.45) is -1.16. The lowest BCUT2D eigenvalue weighted by molar-refractivity contribution is -0.137. The van der Waals surface area contributed by atoms with Gasteiger partial charge in [-0.1, -0.05) is 11.6 Å². The summed E-state index contributed by atoms with van der Waals surface area (Å²) < 4.78 is 38.6. The topological polar surface area (TPSA) is 66.0 Å². The third-order valence-corrected chi connectivity index (χ3v) is 3.81. The number of anilines is 3. The molecule has 0 spiro atoms. The smallest absolute Gasteiger partial charge is 0.340 e. The SMILES string of the molecule is O=C(Nc1ccc(Nc2ccc(Cl)c(C(F)(F)F)c2)nc1)NC1CC1. The molecule has 0 bridgehead atoms. The summed E-state index contributed by atoms with van der Waals surface area (Å²) in [5, 5.41) is 7.80. The number of nitrogens with one attached hydrogen (secondary N) is 3. The monoisotopic (exact) mass is 370 g/mol. The lowest BCUT2D eigenvalue weighted by Crippen LogP contribution is -2.30. The number of amides is 2. The van der Waals surface area contributed by atoms with E-state index in [0.717, 1.165) is 18.9 Å². The number of alkyl halides is 3. The Morgan fingerprint density at radius 2 is 1.88 bits per heavy atom. The van der Waals surface area contributed by atoms with Crippen LogP contribution in [0.15, 0.2) is 36.5 Å². The van der Waals surface area contributed by atoms with Crippen molar-refractivity contribution in [2.45, 2.75) is 25.1 Å². The van der Waals surface area contributed by atoms with E-state index in [9.17, 15) is 18.0 Å². The highest BCUT2D eigenvalue weighted by Crippen LogP contribution is 2.36. The first-order chi connectivity index (χ1) is 11.8. The largest absolute Gasteiger partial charge is 0.417 e. The normalized spacial score (nSPS) is 14.1. The van der Waals surface area contributed by atoms with E-state index < -0.39 is 11.7 Å². The highest BCUT2D eigenvalue weighted by Gasteiger charge is 2.33. The van der Waals surface area contributed by atoms with Crippen molar-refractivity contribution in [1.29, 1.82) is 0 Å². The molecule has 2 amide bonds. The first-order valence-corrected chi connectivity index (χ1v) is 7.86. The number of carbonyl (C=O) groups is 1. The Balaban J connectivity index is 1.66. The zero-order valence-corrected chi connectivity index (χ0v) is 13.6. The van der Waals surface area contributed by atoms with Gasteiger partial charge in [-0.2, -0.15) is 13.2 Å². The highest BCUT2D eigenvalue weighted by molar-refractivity contribution is 6.31. The van der Waals surface area contributed by atoms with Crippen molar-refractivity contribution in [2.75, 3.05) is 10.6 Å². The molecule has 132 valence electrons. The molecule has 1 saturated carbocycles. The Morgan fingerprint density at radius 1 is 1.16 bits per heavy atom. The number of benzene rings is 1. The standard InChI is InChI=1S/C16H14ClF3N4O/c17-13-5-3-10(7-12(13)16(18,19)20)22-14-6-4-11(8-21-14)24-15(25)23-9-1-2-9/h3-9H,1-2H2,(H,21,22)(H2,23,24,25). The van der Waals surface area contributed by atoms with Crippen LogP contribution in [0.1, 0.15) is 18.4 Å². The fourth-order valence-corrected chi connectivity index (χ4v) is 2.31. The van der Waals surface area contributed by atoms with E-state index >= 15 is 0 Å². The quantitative estimate of drug-likeness (QED) is 0.725. The molecule has 1 heterocycles. The maximum absolute atomic E-state index is 12.9. The summed E-state index contributed by atoms with van der Waals surface area (Å²) in [7, 11) is 0. The molecular weight excluding hydrogens is 357 g/mol. The van der Waals surface area contributed by atoms with Crippen molar-refractivity contribution in [3.05, 3.63) is 47.1 Å². The van der Waals surface area contributed by atoms with Gasteiger partial charge in [-0.25, -0.2) is 9.78 Å². The van der Waals surface area contributed by atoms with E-state index in [2.05, 4.69) is 20.9 Å². The predicted molar refractivity (Wildman–Crippen MR) is 89.2 cm³/mol. The average molecular weight is 371 g/mol. The Morgan fingerprint density at radius 3 is 2.48 bits per heavy atom. The van der Waals surface area contributed by atoms with Gasteiger partial charge >= 0.3 is 12.2 Å². The van der Waals surface area contributed by atoms with Crippen LogP contribution in [-0.4, -0.2) is 17.1 Å². The van der Waals surface area contributed by atoms with E-state index in [1.807, 2.05) is 0 Å². The lowest BCUT2D eigenvalue weighted by Gasteiger charge is -2.12. The third-order valence-electron chi connectivity index (χ3n) is 3.48. The zero-order valence-electron chi connectivity index (χ0n) is 12.8. The fourth-order valence-electron chi connectivity index (χ4n) is 2.09. The minimum atomic E-state index is -4.54. The van der Waals surface area contributed by atoms with Gasteiger partial charge < -0.3 is 16.0 Å². The van der Waals surface area contributed by atoms with Gasteiger partial charge in [0.05, 0.1) is 22.5 Å². The minimum absolute atomic E-state index is 0.205. The second kappa shape index (κ2) is 6.79. The molecule has 3 N–H and O–H groups in total. The third kappa shape index (κ3) is 4.76. The molecule has 1 aliphatic rings. The van der Waals surface area contributed by atoms with Crippen LogP contribution in [0.2, 0.25) is 5.02 Å². The number of rotatable bonds is 4. The molecule has 1 aromatic heterocycles. The molecule has 2 aromatic rings. The molecule has 5 nitrogen and oxygen atoms in total. The number of aromatic nitrogens is 1. The van der Waals surface area contributed by atoms with Crippen LogP contribution in [0, 0.1) is 0 Å². The fraction of sp³-hybridized carbons (Fsp3) is 0.250. The van der Waals surface area contributed by atoms with Crippen molar-refractivity contribution < 1.29 is 18.0 Å². The van der Waals surface area contributed by atoms with Crippen molar-refractivity contribution >= 4 is 34.8 Å². The molecule has 3 rings (SSSR count). The van der Waals surface area contributed by atoms with Crippen molar-refractivity contribution in [1.82, 2.24) is 10.3 Å². The molecule has 9 heteroatoms. The summed E-state index contributed by atoms with van der Waals surface area (Å²) >= 11 is 5.58. The van der Waals surface area contributed by atoms with Crippen LogP contribution in [0.4, 0.5) is 35.2 Å². The van der Waals surface area contributed by atoms with E-state index in [1.165, 1.54) is 18.3 Å². The average Bonchev–Trinajstić information content (AvgIpc) is 3.34. The molecule has 1 aromatic carbocycles. The first-order valence-electron chi connectivity index (χ1n) is 7.48. The highest BCUT2D eigenvalue weighted by atomic mass is 35.5. The molecule has 25 heavy (non-hydrogen) atoms. The Labute approximate surface area is 146 Å². The van der Waals surface area contributed by atoms with Gasteiger partial charge in [0.2, 0.25) is 0 Å². The number of nitrogens with zero attached hydrogens (tertiary/aromatic N) is 1. The molecule has 1 fully saturated rings. The summed E-state index contributed by atoms with van der Waals surface area (Å²) in [6.45, 7) is 0. The van der Waals surface area contributed by atoms with E-state index in [-0.39, 0.29) is 22.8 Å². The van der Waals surface area contributed by atoms with Gasteiger partial charge in [0.1, 0.15) is 5.82 Å². The van der Waals surface area contributed by atoms with Crippen LogP contribution in [0.3, 0.4) is 0 Å². The van der Waals surface area contributed by atoms with Crippen molar-refractivity contribution in [3.8, 4) is 0 Å². The molecule has 0 aliphatic heterocycles. The van der Waals surface area contributed by atoms with E-state index in [1.54, 1.807) is 12.1 Å². The first kappa shape index (κ1) is 17.3. The maximum Gasteiger partial charge on any atom is 0.417 e. The van der Waals surface area contributed by atoms with Gasteiger partial charge in [-0.3, -0.25) is 0 Å². The lowest BCUT2D eigenvalue weighted by atomic mass is 10.2. The minimum Gasteiger partial charge on any atom is -0.340 e. The Hall–Kier alpha value is -2.48. The number of hydrogen-bond acceptors (Lipinski definition) is 3. The second-order valence-electron chi connectivity index (χ2n) is 5.62. The molecular formula is C16H14ClF3N4O. The molecule has 0 unspecified atom stereocenters. The molecule has 0 atom stereocenters. The summed E-state index contributed by atoms with van der Waals surface area (Å²) in [6, 6.07) is 6.59. The number of halogens is 4. The molecule has 1 aliphatic carbocycles. The van der Waals surface area contributed by atoms with Crippen LogP contribution < -0.4 is 16.0 Å². The van der Waals surface area contributed by atoms with Crippen LogP contribution in [0.5, 0.6) is 0 Å². The molecule has 0 saturated heterocycles. The number of pyridine rings is 1. The van der Waals surface area contributed by atoms with Crippen LogP contribution in [0.25, 0.3) is 0 Å². The van der Waals surface area contributed by atoms with E-state index in [0.29, 0.717) is 11.5 Å². The number of urea groups is 1. The Kier molecular flexibility index (Phi) is 4.71. The van der Waals surface area contributed by atoms with E-state index in [4.69, 9.17) is 11.6 Å². The number of carbonyl (C=O) groups excluding carboxylic acids is 1. The Bertz CT molecular complexity index is 776. The zero-order chi connectivity index (χ0) is 18.0. The van der Waals surface area contributed by atoms with Gasteiger partial charge in [0.15, 0.2) is 0 Å². The van der Waals surface area contributed by atoms with Crippen molar-refractivity contribution in [2.24, 2.45) is 0 Å². The van der Waals surface area contributed by atoms with Gasteiger partial charge in [0, 0.05) is 11.7 Å². The maximum atomic E-state index is 12.9. The predicted octanol–water partition coefficient (Wildman–Crippen LogP) is 4.78. The van der Waals surface area contributed by atoms with Gasteiger partial charge in [0.25, 0.3) is 0 Å². The summed E-state index contributed by atoms with van der Waals surface area (Å²) in [5.41, 5.74) is -0.235. The summed E-state index contributed by atoms with van der Waals surface area (Å²) in [5.74, 6) is 0.337. The number of hydrogen-bond donors (Lipinski definition) is 3. The molecule has 0 radical (unpaired) electrons. The summed E-state index contributed by atoms with van der Waals surface area (Å²) in [4.78, 5) is 15.7. The van der Waals surface area contributed by atoms with Crippen LogP contribution >= 0.6 is 11.6 Å². The van der Waals surface area contributed by atoms with Gasteiger partial charge in [-0.15, -0.1) is 0 Å². The van der Waals surface area contributed by atoms with Crippen molar-refractivity contribution in [3.63, 3.8) is 0 Å².